The number of sulfonamides is 1. The summed E-state index contributed by atoms with van der Waals surface area (Å²) in [6.45, 7) is 2.12. The molecule has 1 aliphatic rings. The fourth-order valence-electron chi connectivity index (χ4n) is 1.89. The zero-order valence-electron chi connectivity index (χ0n) is 9.92. The smallest absolute Gasteiger partial charge is 0.259 e. The van der Waals surface area contributed by atoms with E-state index in [1.807, 2.05) is 6.92 Å². The van der Waals surface area contributed by atoms with Crippen LogP contribution < -0.4 is 10.5 Å². The third-order valence-electron chi connectivity index (χ3n) is 3.22. The highest BCUT2D eigenvalue weighted by Crippen LogP contribution is 2.39. The predicted octanol–water partition coefficient (Wildman–Crippen LogP) is -0.779. The average molecular weight is 259 g/mol. The summed E-state index contributed by atoms with van der Waals surface area (Å²) < 4.78 is 28.2. The van der Waals surface area contributed by atoms with Gasteiger partial charge in [-0.25, -0.2) is 17.8 Å². The number of aromatic nitrogens is 3. The third-order valence-corrected chi connectivity index (χ3v) is 4.87. The zero-order valence-corrected chi connectivity index (χ0v) is 10.7. The van der Waals surface area contributed by atoms with Crippen LogP contribution in [0.5, 0.6) is 0 Å². The molecule has 0 amide bonds. The highest BCUT2D eigenvalue weighted by atomic mass is 32.2. The first-order valence-corrected chi connectivity index (χ1v) is 6.96. The fourth-order valence-corrected chi connectivity index (χ4v) is 3.43. The maximum Gasteiger partial charge on any atom is 0.259 e. The van der Waals surface area contributed by atoms with Crippen molar-refractivity contribution < 1.29 is 8.42 Å². The molecular weight excluding hydrogens is 242 g/mol. The molecule has 96 valence electrons. The number of nitrogens with one attached hydrogen (secondary N) is 1. The van der Waals surface area contributed by atoms with Crippen LogP contribution in [0, 0.1) is 5.92 Å². The van der Waals surface area contributed by atoms with Crippen LogP contribution in [0.15, 0.2) is 11.2 Å². The molecule has 7 nitrogen and oxygen atoms in total. The Morgan fingerprint density at radius 1 is 1.65 bits per heavy atom. The Bertz CT molecular complexity index is 507. The van der Waals surface area contributed by atoms with Gasteiger partial charge in [0.05, 0.1) is 6.20 Å². The van der Waals surface area contributed by atoms with Gasteiger partial charge in [0.15, 0.2) is 5.03 Å². The van der Waals surface area contributed by atoms with Crippen LogP contribution in [-0.4, -0.2) is 35.5 Å². The summed E-state index contributed by atoms with van der Waals surface area (Å²) in [7, 11) is -2.07. The minimum atomic E-state index is -3.61. The van der Waals surface area contributed by atoms with Crippen LogP contribution in [0.3, 0.4) is 0 Å². The Kier molecular flexibility index (Phi) is 2.96. The van der Waals surface area contributed by atoms with E-state index in [9.17, 15) is 8.42 Å². The Hall–Kier alpha value is -0.990. The highest BCUT2D eigenvalue weighted by Gasteiger charge is 2.43. The average Bonchev–Trinajstić information content (AvgIpc) is 3.01. The predicted molar refractivity (Wildman–Crippen MR) is 61.5 cm³/mol. The van der Waals surface area contributed by atoms with Crippen molar-refractivity contribution in [2.24, 2.45) is 18.7 Å². The van der Waals surface area contributed by atoms with Crippen LogP contribution in [0.25, 0.3) is 0 Å². The molecule has 1 saturated carbocycles. The third kappa shape index (κ3) is 2.33. The molecule has 1 aromatic heterocycles. The molecular formula is C9H17N5O2S. The molecule has 1 fully saturated rings. The van der Waals surface area contributed by atoms with Crippen LogP contribution in [0.4, 0.5) is 0 Å². The van der Waals surface area contributed by atoms with Crippen molar-refractivity contribution in [3.63, 3.8) is 0 Å². The van der Waals surface area contributed by atoms with Crippen LogP contribution in [0.2, 0.25) is 0 Å². The normalized spacial score (nSPS) is 20.2. The lowest BCUT2D eigenvalue weighted by molar-refractivity contribution is 0.372. The molecule has 3 N–H and O–H groups in total. The molecule has 0 aliphatic heterocycles. The molecule has 0 spiro atoms. The molecule has 1 aromatic rings. The van der Waals surface area contributed by atoms with Crippen molar-refractivity contribution in [3.8, 4) is 0 Å². The Balaban J connectivity index is 2.26. The lowest BCUT2D eigenvalue weighted by Crippen LogP contribution is -2.53. The van der Waals surface area contributed by atoms with Gasteiger partial charge >= 0.3 is 0 Å². The van der Waals surface area contributed by atoms with Gasteiger partial charge in [-0.2, -0.15) is 0 Å². The van der Waals surface area contributed by atoms with E-state index in [1.54, 1.807) is 7.05 Å². The number of hydrogen-bond donors (Lipinski definition) is 2. The SMILES string of the molecule is Cn1nncc1S(=O)(=O)NC(C)(CN)C1CC1. The number of aryl methyl sites for hydroxylation is 1. The van der Waals surface area contributed by atoms with Gasteiger partial charge in [-0.05, 0) is 25.7 Å². The molecule has 1 aliphatic carbocycles. The molecule has 0 aromatic carbocycles. The van der Waals surface area contributed by atoms with Gasteiger partial charge in [-0.3, -0.25) is 0 Å². The summed E-state index contributed by atoms with van der Waals surface area (Å²) in [6.07, 6.45) is 3.26. The quantitative estimate of drug-likeness (QED) is 0.722. The number of nitrogens with zero attached hydrogens (tertiary/aromatic N) is 3. The van der Waals surface area contributed by atoms with Crippen molar-refractivity contribution in [1.29, 1.82) is 0 Å². The van der Waals surface area contributed by atoms with E-state index >= 15 is 0 Å². The summed E-state index contributed by atoms with van der Waals surface area (Å²) in [4.78, 5) is 0. The van der Waals surface area contributed by atoms with Crippen molar-refractivity contribution in [2.75, 3.05) is 6.54 Å². The molecule has 17 heavy (non-hydrogen) atoms. The van der Waals surface area contributed by atoms with Crippen molar-refractivity contribution in [3.05, 3.63) is 6.20 Å². The summed E-state index contributed by atoms with van der Waals surface area (Å²) in [6, 6.07) is 0. The van der Waals surface area contributed by atoms with E-state index in [0.717, 1.165) is 12.8 Å². The fraction of sp³-hybridized carbons (Fsp3) is 0.778. The standard InChI is InChI=1S/C9H17N5O2S/c1-9(6-10,7-3-4-7)12-17(15,16)8-5-11-13-14(8)2/h5,7,12H,3-4,6,10H2,1-2H3. The van der Waals surface area contributed by atoms with E-state index in [1.165, 1.54) is 10.9 Å². The number of nitrogens with two attached hydrogens (primary N) is 1. The van der Waals surface area contributed by atoms with Gasteiger partial charge in [0.2, 0.25) is 0 Å². The molecule has 0 saturated heterocycles. The van der Waals surface area contributed by atoms with Crippen LogP contribution in [-0.2, 0) is 17.1 Å². The lowest BCUT2D eigenvalue weighted by atomic mass is 9.98. The van der Waals surface area contributed by atoms with Gasteiger partial charge in [0.1, 0.15) is 0 Å². The van der Waals surface area contributed by atoms with Gasteiger partial charge < -0.3 is 5.73 Å². The van der Waals surface area contributed by atoms with E-state index in [2.05, 4.69) is 15.0 Å². The second-order valence-corrected chi connectivity index (χ2v) is 6.33. The molecule has 8 heteroatoms. The Morgan fingerprint density at radius 3 is 2.71 bits per heavy atom. The van der Waals surface area contributed by atoms with Crippen LogP contribution in [0.1, 0.15) is 19.8 Å². The summed E-state index contributed by atoms with van der Waals surface area (Å²) in [5.74, 6) is 0.323. The van der Waals surface area contributed by atoms with Gasteiger partial charge in [0.25, 0.3) is 10.0 Å². The minimum absolute atomic E-state index is 0.0535. The maximum atomic E-state index is 12.2. The number of rotatable bonds is 5. The second-order valence-electron chi connectivity index (χ2n) is 4.70. The van der Waals surface area contributed by atoms with E-state index in [4.69, 9.17) is 5.73 Å². The first-order chi connectivity index (χ1) is 7.89. The van der Waals surface area contributed by atoms with Gasteiger partial charge in [0, 0.05) is 19.1 Å². The Labute approximate surface area is 100 Å². The van der Waals surface area contributed by atoms with E-state index in [0.29, 0.717) is 5.92 Å². The van der Waals surface area contributed by atoms with Crippen molar-refractivity contribution in [2.45, 2.75) is 30.3 Å². The second kappa shape index (κ2) is 4.04. The lowest BCUT2D eigenvalue weighted by Gasteiger charge is -2.28. The first kappa shape index (κ1) is 12.5. The molecule has 2 rings (SSSR count). The minimum Gasteiger partial charge on any atom is -0.329 e. The van der Waals surface area contributed by atoms with Gasteiger partial charge in [-0.15, -0.1) is 5.10 Å². The zero-order chi connectivity index (χ0) is 12.7. The van der Waals surface area contributed by atoms with E-state index < -0.39 is 15.6 Å². The van der Waals surface area contributed by atoms with E-state index in [-0.39, 0.29) is 11.6 Å². The summed E-state index contributed by atoms with van der Waals surface area (Å²) in [5, 5.41) is 7.24. The first-order valence-electron chi connectivity index (χ1n) is 5.48. The van der Waals surface area contributed by atoms with Crippen LogP contribution >= 0.6 is 0 Å². The molecule has 0 bridgehead atoms. The van der Waals surface area contributed by atoms with Crippen molar-refractivity contribution in [1.82, 2.24) is 19.7 Å². The molecule has 1 atom stereocenters. The molecule has 0 radical (unpaired) electrons. The number of hydrogen-bond acceptors (Lipinski definition) is 5. The Morgan fingerprint density at radius 2 is 2.29 bits per heavy atom. The van der Waals surface area contributed by atoms with Gasteiger partial charge in [-0.1, -0.05) is 5.21 Å². The summed E-state index contributed by atoms with van der Waals surface area (Å²) >= 11 is 0. The summed E-state index contributed by atoms with van der Waals surface area (Å²) in [5.41, 5.74) is 5.10. The monoisotopic (exact) mass is 259 g/mol. The van der Waals surface area contributed by atoms with Crippen molar-refractivity contribution >= 4 is 10.0 Å². The topological polar surface area (TPSA) is 103 Å². The largest absolute Gasteiger partial charge is 0.329 e. The molecule has 1 unspecified atom stereocenters. The maximum absolute atomic E-state index is 12.2. The molecule has 1 heterocycles. The highest BCUT2D eigenvalue weighted by molar-refractivity contribution is 7.89.